The maximum Gasteiger partial charge on any atom is 0.339 e. The first kappa shape index (κ1) is 13.8. The number of halogens is 2. The summed E-state index contributed by atoms with van der Waals surface area (Å²) in [5.41, 5.74) is 0.981. The van der Waals surface area contributed by atoms with Gasteiger partial charge in [-0.1, -0.05) is 29.3 Å². The van der Waals surface area contributed by atoms with Gasteiger partial charge in [-0.2, -0.15) is 8.42 Å². The lowest BCUT2D eigenvalue weighted by Gasteiger charge is -2.07. The number of aryl methyl sites for hydroxylation is 1. The Morgan fingerprint density at radius 2 is 1.74 bits per heavy atom. The van der Waals surface area contributed by atoms with Crippen molar-refractivity contribution in [2.24, 2.45) is 0 Å². The fraction of sp³-hybridized carbons (Fsp3) is 0.0769. The molecule has 6 heteroatoms. The molecule has 0 aliphatic carbocycles. The van der Waals surface area contributed by atoms with Crippen LogP contribution in [0.4, 0.5) is 4.39 Å². The van der Waals surface area contributed by atoms with E-state index >= 15 is 0 Å². The van der Waals surface area contributed by atoms with E-state index in [2.05, 4.69) is 0 Å². The third-order valence-corrected chi connectivity index (χ3v) is 3.94. The van der Waals surface area contributed by atoms with Crippen molar-refractivity contribution in [1.29, 1.82) is 0 Å². The number of hydrogen-bond acceptors (Lipinski definition) is 3. The highest BCUT2D eigenvalue weighted by atomic mass is 35.5. The molecule has 0 amide bonds. The van der Waals surface area contributed by atoms with Crippen molar-refractivity contribution in [3.05, 3.63) is 58.9 Å². The predicted molar refractivity (Wildman–Crippen MR) is 70.4 cm³/mol. The summed E-state index contributed by atoms with van der Waals surface area (Å²) in [7, 11) is -4.02. The molecule has 2 rings (SSSR count). The summed E-state index contributed by atoms with van der Waals surface area (Å²) >= 11 is 5.55. The van der Waals surface area contributed by atoms with E-state index in [0.717, 1.165) is 23.8 Å². The van der Waals surface area contributed by atoms with Crippen LogP contribution >= 0.6 is 11.6 Å². The van der Waals surface area contributed by atoms with Crippen LogP contribution in [0.2, 0.25) is 5.02 Å². The van der Waals surface area contributed by atoms with Crippen molar-refractivity contribution >= 4 is 21.7 Å². The van der Waals surface area contributed by atoms with Gasteiger partial charge in [-0.05, 0) is 37.3 Å². The van der Waals surface area contributed by atoms with Gasteiger partial charge in [0.05, 0.1) is 5.02 Å². The second kappa shape index (κ2) is 5.19. The highest BCUT2D eigenvalue weighted by Gasteiger charge is 2.18. The highest BCUT2D eigenvalue weighted by molar-refractivity contribution is 7.87. The third-order valence-electron chi connectivity index (χ3n) is 2.41. The van der Waals surface area contributed by atoms with Crippen molar-refractivity contribution < 1.29 is 17.0 Å². The van der Waals surface area contributed by atoms with E-state index < -0.39 is 15.9 Å². The molecule has 0 atom stereocenters. The van der Waals surface area contributed by atoms with Crippen LogP contribution < -0.4 is 4.18 Å². The summed E-state index contributed by atoms with van der Waals surface area (Å²) < 4.78 is 41.8. The average Bonchev–Trinajstić information content (AvgIpc) is 2.35. The Balaban J connectivity index is 2.32. The van der Waals surface area contributed by atoms with E-state index in [1.54, 1.807) is 12.1 Å². The van der Waals surface area contributed by atoms with Gasteiger partial charge in [0, 0.05) is 0 Å². The molecule has 0 unspecified atom stereocenters. The Morgan fingerprint density at radius 3 is 2.32 bits per heavy atom. The van der Waals surface area contributed by atoms with Gasteiger partial charge in [-0.15, -0.1) is 0 Å². The molecule has 0 saturated heterocycles. The highest BCUT2D eigenvalue weighted by Crippen LogP contribution is 2.23. The van der Waals surface area contributed by atoms with Crippen LogP contribution in [0.3, 0.4) is 0 Å². The standard InChI is InChI=1S/C13H10ClFO3S/c1-9-2-4-10(5-3-9)18-19(16,17)11-6-7-13(15)12(14)8-11/h2-8H,1H3. The lowest BCUT2D eigenvalue weighted by molar-refractivity contribution is 0.486. The number of rotatable bonds is 3. The molecule has 19 heavy (non-hydrogen) atoms. The Hall–Kier alpha value is -1.59. The van der Waals surface area contributed by atoms with Gasteiger partial charge in [-0.3, -0.25) is 0 Å². The number of benzene rings is 2. The Morgan fingerprint density at radius 1 is 1.11 bits per heavy atom. The zero-order valence-electron chi connectivity index (χ0n) is 9.93. The van der Waals surface area contributed by atoms with E-state index in [1.807, 2.05) is 6.92 Å². The summed E-state index contributed by atoms with van der Waals surface area (Å²) in [4.78, 5) is -0.195. The molecule has 3 nitrogen and oxygen atoms in total. The van der Waals surface area contributed by atoms with Crippen molar-refractivity contribution in [3.8, 4) is 5.75 Å². The minimum absolute atomic E-state index is 0.186. The molecule has 0 N–H and O–H groups in total. The summed E-state index contributed by atoms with van der Waals surface area (Å²) in [5, 5.41) is -0.270. The van der Waals surface area contributed by atoms with Gasteiger partial charge in [0.15, 0.2) is 0 Å². The second-order valence-corrected chi connectivity index (χ2v) is 5.88. The summed E-state index contributed by atoms with van der Waals surface area (Å²) in [6.07, 6.45) is 0. The molecular formula is C13H10ClFO3S. The molecule has 0 bridgehead atoms. The van der Waals surface area contributed by atoms with Crippen LogP contribution in [-0.2, 0) is 10.1 Å². The molecule has 0 radical (unpaired) electrons. The van der Waals surface area contributed by atoms with E-state index in [4.69, 9.17) is 15.8 Å². The third kappa shape index (κ3) is 3.24. The van der Waals surface area contributed by atoms with E-state index in [9.17, 15) is 12.8 Å². The molecule has 2 aromatic carbocycles. The monoisotopic (exact) mass is 300 g/mol. The smallest absolute Gasteiger partial charge is 0.339 e. The van der Waals surface area contributed by atoms with E-state index in [0.29, 0.717) is 0 Å². The van der Waals surface area contributed by atoms with Gasteiger partial charge in [0.1, 0.15) is 16.5 Å². The minimum atomic E-state index is -4.02. The molecule has 0 heterocycles. The molecule has 0 fully saturated rings. The lowest BCUT2D eigenvalue weighted by atomic mass is 10.2. The van der Waals surface area contributed by atoms with Crippen LogP contribution in [-0.4, -0.2) is 8.42 Å². The maximum absolute atomic E-state index is 13.0. The molecular weight excluding hydrogens is 291 g/mol. The fourth-order valence-electron chi connectivity index (χ4n) is 1.40. The first-order chi connectivity index (χ1) is 8.88. The first-order valence-electron chi connectivity index (χ1n) is 5.35. The minimum Gasteiger partial charge on any atom is -0.379 e. The topological polar surface area (TPSA) is 43.4 Å². The van der Waals surface area contributed by atoms with Crippen LogP contribution in [0, 0.1) is 12.7 Å². The van der Waals surface area contributed by atoms with Crippen LogP contribution in [0.25, 0.3) is 0 Å². The lowest BCUT2D eigenvalue weighted by Crippen LogP contribution is -2.09. The van der Waals surface area contributed by atoms with Crippen molar-refractivity contribution in [2.45, 2.75) is 11.8 Å². The molecule has 2 aromatic rings. The second-order valence-electron chi connectivity index (χ2n) is 3.93. The zero-order valence-corrected chi connectivity index (χ0v) is 11.5. The molecule has 0 spiro atoms. The Labute approximate surface area is 115 Å². The van der Waals surface area contributed by atoms with Crippen LogP contribution in [0.15, 0.2) is 47.4 Å². The first-order valence-corrected chi connectivity index (χ1v) is 7.13. The SMILES string of the molecule is Cc1ccc(OS(=O)(=O)c2ccc(F)c(Cl)c2)cc1. The zero-order chi connectivity index (χ0) is 14.0. The summed E-state index contributed by atoms with van der Waals surface area (Å²) in [6.45, 7) is 1.87. The average molecular weight is 301 g/mol. The van der Waals surface area contributed by atoms with Gasteiger partial charge in [0.2, 0.25) is 0 Å². The Kier molecular flexibility index (Phi) is 3.78. The molecule has 100 valence electrons. The van der Waals surface area contributed by atoms with Gasteiger partial charge < -0.3 is 4.18 Å². The largest absolute Gasteiger partial charge is 0.379 e. The molecule has 0 aliphatic heterocycles. The van der Waals surface area contributed by atoms with Gasteiger partial charge in [0.25, 0.3) is 0 Å². The van der Waals surface area contributed by atoms with Crippen molar-refractivity contribution in [2.75, 3.05) is 0 Å². The normalized spacial score (nSPS) is 11.3. The van der Waals surface area contributed by atoms with Gasteiger partial charge >= 0.3 is 10.1 Å². The Bertz CT molecular complexity index is 696. The van der Waals surface area contributed by atoms with Crippen LogP contribution in [0.5, 0.6) is 5.75 Å². The quantitative estimate of drug-likeness (QED) is 0.814. The van der Waals surface area contributed by atoms with Crippen LogP contribution in [0.1, 0.15) is 5.56 Å². The summed E-state index contributed by atoms with van der Waals surface area (Å²) in [5.74, 6) is -0.498. The maximum atomic E-state index is 13.0. The molecule has 0 aromatic heterocycles. The van der Waals surface area contributed by atoms with E-state index in [-0.39, 0.29) is 15.7 Å². The van der Waals surface area contributed by atoms with Crippen molar-refractivity contribution in [1.82, 2.24) is 0 Å². The predicted octanol–water partition coefficient (Wildman–Crippen LogP) is 3.56. The molecule has 0 saturated carbocycles. The number of hydrogen-bond donors (Lipinski definition) is 0. The fourth-order valence-corrected chi connectivity index (χ4v) is 2.60. The van der Waals surface area contributed by atoms with Crippen molar-refractivity contribution in [3.63, 3.8) is 0 Å². The van der Waals surface area contributed by atoms with Gasteiger partial charge in [-0.25, -0.2) is 4.39 Å². The molecule has 0 aliphatic rings. The summed E-state index contributed by atoms with van der Waals surface area (Å²) in [6, 6.07) is 9.62. The van der Waals surface area contributed by atoms with E-state index in [1.165, 1.54) is 12.1 Å².